The predicted molar refractivity (Wildman–Crippen MR) is 46.4 cm³/mol. The minimum absolute atomic E-state index is 0.0315. The molecule has 1 amide bonds. The maximum Gasteiger partial charge on any atom is 0.295 e. The van der Waals surface area contributed by atoms with E-state index in [1.807, 2.05) is 13.8 Å². The molecule has 67 valence electrons. The quantitative estimate of drug-likeness (QED) is 0.257. The first-order valence-corrected chi connectivity index (χ1v) is 4.03. The third-order valence-electron chi connectivity index (χ3n) is 2.18. The molecule has 4 nitrogen and oxygen atoms in total. The van der Waals surface area contributed by atoms with Gasteiger partial charge in [-0.3, -0.25) is 4.79 Å². The van der Waals surface area contributed by atoms with Crippen LogP contribution in [0.3, 0.4) is 0 Å². The lowest BCUT2D eigenvalue weighted by atomic mass is 9.69. The highest BCUT2D eigenvalue weighted by Crippen LogP contribution is 2.29. The highest BCUT2D eigenvalue weighted by molar-refractivity contribution is 6.28. The molecule has 1 heterocycles. The Balaban J connectivity index is 2.26. The van der Waals surface area contributed by atoms with Crippen LogP contribution in [0.15, 0.2) is 0 Å². The van der Waals surface area contributed by atoms with Crippen molar-refractivity contribution in [2.75, 3.05) is 6.73 Å². The molecule has 1 aliphatic rings. The maximum absolute atomic E-state index is 11.0. The minimum atomic E-state index is -0.0917. The predicted octanol–water partition coefficient (Wildman–Crippen LogP) is -0.519. The van der Waals surface area contributed by atoms with Gasteiger partial charge >= 0.3 is 0 Å². The third kappa shape index (κ3) is 1.79. The summed E-state index contributed by atoms with van der Waals surface area (Å²) in [7, 11) is 1.60. The standard InChI is InChI=1S/C7H14BN2O2/c1-7(2)5(6(11)10-7)3-8-12-4-9/h5H,3-4,9H2,1-2H3,(H,10,11)/t5-/m0/s1. The summed E-state index contributed by atoms with van der Waals surface area (Å²) in [5.74, 6) is 0.126. The van der Waals surface area contributed by atoms with E-state index in [1.54, 1.807) is 7.48 Å². The van der Waals surface area contributed by atoms with E-state index in [9.17, 15) is 4.79 Å². The number of rotatable bonds is 4. The molecule has 1 rings (SSSR count). The van der Waals surface area contributed by atoms with Gasteiger partial charge in [0.25, 0.3) is 7.48 Å². The van der Waals surface area contributed by atoms with Crippen molar-refractivity contribution < 1.29 is 9.45 Å². The van der Waals surface area contributed by atoms with Gasteiger partial charge in [-0.1, -0.05) is 0 Å². The average Bonchev–Trinajstić information content (AvgIpc) is 1.97. The van der Waals surface area contributed by atoms with Crippen molar-refractivity contribution in [3.63, 3.8) is 0 Å². The van der Waals surface area contributed by atoms with Crippen LogP contribution in [0.4, 0.5) is 0 Å². The summed E-state index contributed by atoms with van der Waals surface area (Å²) in [5, 5.41) is 2.81. The number of amides is 1. The van der Waals surface area contributed by atoms with E-state index in [0.29, 0.717) is 6.32 Å². The lowest BCUT2D eigenvalue weighted by Crippen LogP contribution is -2.65. The van der Waals surface area contributed by atoms with Crippen LogP contribution in [0.1, 0.15) is 13.8 Å². The van der Waals surface area contributed by atoms with Crippen LogP contribution in [-0.4, -0.2) is 25.7 Å². The second-order valence-electron chi connectivity index (χ2n) is 3.50. The Morgan fingerprint density at radius 1 is 1.75 bits per heavy atom. The van der Waals surface area contributed by atoms with E-state index in [2.05, 4.69) is 5.32 Å². The van der Waals surface area contributed by atoms with E-state index in [0.717, 1.165) is 0 Å². The molecule has 0 aliphatic carbocycles. The van der Waals surface area contributed by atoms with Gasteiger partial charge in [-0.05, 0) is 20.2 Å². The fourth-order valence-electron chi connectivity index (χ4n) is 1.38. The lowest BCUT2D eigenvalue weighted by Gasteiger charge is -2.44. The SMILES string of the molecule is CC1(C)NC(=O)[C@@H]1C[B]OCN. The molecule has 0 aromatic rings. The summed E-state index contributed by atoms with van der Waals surface area (Å²) in [5.41, 5.74) is 5.03. The molecule has 0 aromatic heterocycles. The van der Waals surface area contributed by atoms with Gasteiger partial charge in [0.2, 0.25) is 5.91 Å². The summed E-state index contributed by atoms with van der Waals surface area (Å²) in [4.78, 5) is 11.0. The highest BCUT2D eigenvalue weighted by atomic mass is 16.4. The Hall–Kier alpha value is -0.545. The molecule has 1 aliphatic heterocycles. The number of hydrogen-bond donors (Lipinski definition) is 2. The zero-order chi connectivity index (χ0) is 9.19. The van der Waals surface area contributed by atoms with Gasteiger partial charge in [0.1, 0.15) is 0 Å². The van der Waals surface area contributed by atoms with Gasteiger partial charge in [0, 0.05) is 5.54 Å². The van der Waals surface area contributed by atoms with Crippen molar-refractivity contribution in [2.45, 2.75) is 25.7 Å². The van der Waals surface area contributed by atoms with Crippen LogP contribution < -0.4 is 11.1 Å². The Bertz CT molecular complexity index is 184. The van der Waals surface area contributed by atoms with Gasteiger partial charge < -0.3 is 15.7 Å². The Morgan fingerprint density at radius 3 is 2.83 bits per heavy atom. The molecule has 1 atom stereocenters. The first kappa shape index (κ1) is 9.54. The van der Waals surface area contributed by atoms with Crippen molar-refractivity contribution >= 4 is 13.4 Å². The van der Waals surface area contributed by atoms with Gasteiger partial charge in [-0.25, -0.2) is 0 Å². The van der Waals surface area contributed by atoms with Crippen molar-refractivity contribution in [1.82, 2.24) is 5.32 Å². The fourth-order valence-corrected chi connectivity index (χ4v) is 1.38. The van der Waals surface area contributed by atoms with Crippen LogP contribution in [0, 0.1) is 5.92 Å². The Kier molecular flexibility index (Phi) is 2.74. The van der Waals surface area contributed by atoms with Gasteiger partial charge in [0.05, 0.1) is 12.6 Å². The number of carbonyl (C=O) groups is 1. The van der Waals surface area contributed by atoms with Crippen LogP contribution >= 0.6 is 0 Å². The zero-order valence-electron chi connectivity index (χ0n) is 7.46. The van der Waals surface area contributed by atoms with E-state index in [4.69, 9.17) is 10.4 Å². The largest absolute Gasteiger partial charge is 0.429 e. The smallest absolute Gasteiger partial charge is 0.295 e. The van der Waals surface area contributed by atoms with Gasteiger partial charge in [0.15, 0.2) is 0 Å². The second kappa shape index (κ2) is 3.45. The first-order valence-electron chi connectivity index (χ1n) is 4.03. The van der Waals surface area contributed by atoms with E-state index in [-0.39, 0.29) is 24.1 Å². The minimum Gasteiger partial charge on any atom is -0.429 e. The third-order valence-corrected chi connectivity index (χ3v) is 2.18. The Morgan fingerprint density at radius 2 is 2.42 bits per heavy atom. The average molecular weight is 169 g/mol. The molecular weight excluding hydrogens is 155 g/mol. The van der Waals surface area contributed by atoms with Gasteiger partial charge in [-0.15, -0.1) is 0 Å². The number of β-lactam (4-membered cyclic amide) rings is 1. The molecule has 12 heavy (non-hydrogen) atoms. The topological polar surface area (TPSA) is 64.3 Å². The summed E-state index contributed by atoms with van der Waals surface area (Å²) >= 11 is 0. The molecule has 3 N–H and O–H groups in total. The number of carbonyl (C=O) groups excluding carboxylic acids is 1. The number of hydrogen-bond acceptors (Lipinski definition) is 3. The molecule has 0 aromatic carbocycles. The number of nitrogens with two attached hydrogens (primary N) is 1. The normalized spacial score (nSPS) is 25.9. The van der Waals surface area contributed by atoms with Crippen molar-refractivity contribution in [1.29, 1.82) is 0 Å². The zero-order valence-corrected chi connectivity index (χ0v) is 7.46. The summed E-state index contributed by atoms with van der Waals surface area (Å²) in [6, 6.07) is 0. The molecule has 0 spiro atoms. The van der Waals surface area contributed by atoms with Gasteiger partial charge in [-0.2, -0.15) is 0 Å². The monoisotopic (exact) mass is 169 g/mol. The fraction of sp³-hybridized carbons (Fsp3) is 0.857. The molecule has 1 saturated heterocycles. The van der Waals surface area contributed by atoms with Crippen molar-refractivity contribution in [2.24, 2.45) is 11.7 Å². The molecule has 1 radical (unpaired) electrons. The highest BCUT2D eigenvalue weighted by Gasteiger charge is 2.45. The van der Waals surface area contributed by atoms with E-state index < -0.39 is 0 Å². The molecule has 1 fully saturated rings. The Labute approximate surface area is 73.1 Å². The molecule has 0 saturated carbocycles. The van der Waals surface area contributed by atoms with E-state index in [1.165, 1.54) is 0 Å². The van der Waals surface area contributed by atoms with Crippen LogP contribution in [0.25, 0.3) is 0 Å². The maximum atomic E-state index is 11.0. The first-order chi connectivity index (χ1) is 5.58. The van der Waals surface area contributed by atoms with Crippen LogP contribution in [-0.2, 0) is 9.45 Å². The summed E-state index contributed by atoms with van der Waals surface area (Å²) < 4.78 is 4.85. The molecule has 0 unspecified atom stereocenters. The van der Waals surface area contributed by atoms with Crippen molar-refractivity contribution in [3.05, 3.63) is 0 Å². The van der Waals surface area contributed by atoms with Crippen molar-refractivity contribution in [3.8, 4) is 0 Å². The van der Waals surface area contributed by atoms with E-state index >= 15 is 0 Å². The molecule has 0 bridgehead atoms. The second-order valence-corrected chi connectivity index (χ2v) is 3.50. The van der Waals surface area contributed by atoms with Crippen LogP contribution in [0.2, 0.25) is 6.32 Å². The number of nitrogens with one attached hydrogen (secondary N) is 1. The molecular formula is C7H14BN2O2. The lowest BCUT2D eigenvalue weighted by molar-refractivity contribution is -0.138. The van der Waals surface area contributed by atoms with Crippen LogP contribution in [0.5, 0.6) is 0 Å². The molecule has 5 heteroatoms. The summed E-state index contributed by atoms with van der Waals surface area (Å²) in [6.45, 7) is 4.17. The summed E-state index contributed by atoms with van der Waals surface area (Å²) in [6.07, 6.45) is 0.635.